The van der Waals surface area contributed by atoms with Crippen molar-refractivity contribution in [1.29, 1.82) is 0 Å². The van der Waals surface area contributed by atoms with Gasteiger partial charge in [-0.1, -0.05) is 0 Å². The summed E-state index contributed by atoms with van der Waals surface area (Å²) in [5.41, 5.74) is 0. The summed E-state index contributed by atoms with van der Waals surface area (Å²) >= 11 is 0. The quantitative estimate of drug-likeness (QED) is 0.913. The van der Waals surface area contributed by atoms with E-state index in [1.807, 2.05) is 17.0 Å². The maximum atomic E-state index is 12.2. The number of hydrogen-bond donors (Lipinski definition) is 1. The summed E-state index contributed by atoms with van der Waals surface area (Å²) in [6.07, 6.45) is 4.13. The Kier molecular flexibility index (Phi) is 4.77. The Morgan fingerprint density at radius 2 is 2.00 bits per heavy atom. The van der Waals surface area contributed by atoms with Crippen LogP contribution in [0.3, 0.4) is 0 Å². The van der Waals surface area contributed by atoms with Crippen LogP contribution in [-0.2, 0) is 4.74 Å². The summed E-state index contributed by atoms with van der Waals surface area (Å²) < 4.78 is 10.8. The molecule has 0 bridgehead atoms. The molecule has 2 aliphatic heterocycles. The number of nitrogens with one attached hydrogen (secondary N) is 1. The van der Waals surface area contributed by atoms with E-state index in [0.29, 0.717) is 32.8 Å². The van der Waals surface area contributed by atoms with Crippen LogP contribution in [-0.4, -0.2) is 61.8 Å². The number of hydrogen-bond acceptors (Lipinski definition) is 4. The molecular weight excluding hydrogens is 270 g/mol. The first-order valence-corrected chi connectivity index (χ1v) is 7.72. The molecule has 0 radical (unpaired) electrons. The van der Waals surface area contributed by atoms with Gasteiger partial charge in [-0.15, -0.1) is 0 Å². The number of furan rings is 1. The van der Waals surface area contributed by atoms with Gasteiger partial charge in [0.05, 0.1) is 25.5 Å². The van der Waals surface area contributed by atoms with Crippen molar-refractivity contribution in [1.82, 2.24) is 15.1 Å². The topological polar surface area (TPSA) is 58.0 Å². The van der Waals surface area contributed by atoms with E-state index in [-0.39, 0.29) is 12.1 Å². The van der Waals surface area contributed by atoms with Crippen molar-refractivity contribution in [3.05, 3.63) is 24.2 Å². The number of urea groups is 1. The highest BCUT2D eigenvalue weighted by molar-refractivity contribution is 5.74. The fourth-order valence-electron chi connectivity index (χ4n) is 3.01. The Labute approximate surface area is 125 Å². The van der Waals surface area contributed by atoms with Crippen LogP contribution < -0.4 is 5.32 Å². The van der Waals surface area contributed by atoms with Gasteiger partial charge in [0.15, 0.2) is 0 Å². The van der Waals surface area contributed by atoms with Crippen molar-refractivity contribution in [2.75, 3.05) is 45.9 Å². The highest BCUT2D eigenvalue weighted by Crippen LogP contribution is 2.24. The molecule has 0 spiro atoms. The minimum atomic E-state index is -0.00551. The number of likely N-dealkylation sites (tertiary alicyclic amines) is 1. The first-order chi connectivity index (χ1) is 10.3. The molecule has 1 unspecified atom stereocenters. The third-order valence-corrected chi connectivity index (χ3v) is 4.20. The number of rotatable bonds is 4. The highest BCUT2D eigenvalue weighted by atomic mass is 16.5. The third kappa shape index (κ3) is 3.57. The normalized spacial score (nSPS) is 21.4. The summed E-state index contributed by atoms with van der Waals surface area (Å²) in [6, 6.07) is 4.02. The maximum absolute atomic E-state index is 12.2. The molecule has 6 nitrogen and oxygen atoms in total. The second kappa shape index (κ2) is 6.95. The minimum Gasteiger partial charge on any atom is -0.468 e. The lowest BCUT2D eigenvalue weighted by Gasteiger charge is -2.30. The van der Waals surface area contributed by atoms with E-state index in [9.17, 15) is 4.79 Å². The fourth-order valence-corrected chi connectivity index (χ4v) is 3.01. The molecule has 0 aromatic carbocycles. The Bertz CT molecular complexity index is 437. The van der Waals surface area contributed by atoms with E-state index >= 15 is 0 Å². The number of carbonyl (C=O) groups is 1. The van der Waals surface area contributed by atoms with Gasteiger partial charge >= 0.3 is 6.03 Å². The van der Waals surface area contributed by atoms with E-state index in [1.165, 1.54) is 12.8 Å². The van der Waals surface area contributed by atoms with Gasteiger partial charge in [-0.2, -0.15) is 0 Å². The first-order valence-electron chi connectivity index (χ1n) is 7.72. The van der Waals surface area contributed by atoms with Crippen LogP contribution in [0.25, 0.3) is 0 Å². The van der Waals surface area contributed by atoms with E-state index in [2.05, 4.69) is 10.2 Å². The lowest BCUT2D eigenvalue weighted by atomic mass is 10.2. The summed E-state index contributed by atoms with van der Waals surface area (Å²) in [5, 5.41) is 3.05. The number of nitrogens with zero attached hydrogens (tertiary/aromatic N) is 2. The van der Waals surface area contributed by atoms with Gasteiger partial charge in [-0.05, 0) is 38.1 Å². The van der Waals surface area contributed by atoms with Crippen LogP contribution in [0, 0.1) is 0 Å². The van der Waals surface area contributed by atoms with Crippen molar-refractivity contribution in [3.8, 4) is 0 Å². The van der Waals surface area contributed by atoms with Crippen LogP contribution in [0.2, 0.25) is 0 Å². The zero-order chi connectivity index (χ0) is 14.5. The van der Waals surface area contributed by atoms with Crippen molar-refractivity contribution >= 4 is 6.03 Å². The van der Waals surface area contributed by atoms with E-state index in [0.717, 1.165) is 18.8 Å². The monoisotopic (exact) mass is 293 g/mol. The number of morpholine rings is 1. The average molecular weight is 293 g/mol. The van der Waals surface area contributed by atoms with Gasteiger partial charge in [-0.3, -0.25) is 4.90 Å². The molecule has 1 atom stereocenters. The summed E-state index contributed by atoms with van der Waals surface area (Å²) in [4.78, 5) is 16.4. The molecule has 0 aliphatic carbocycles. The molecule has 2 amide bonds. The number of amides is 2. The maximum Gasteiger partial charge on any atom is 0.317 e. The number of ether oxygens (including phenoxy) is 1. The van der Waals surface area contributed by atoms with E-state index in [4.69, 9.17) is 9.15 Å². The fraction of sp³-hybridized carbons (Fsp3) is 0.667. The molecule has 3 heterocycles. The lowest BCUT2D eigenvalue weighted by Crippen LogP contribution is -2.48. The van der Waals surface area contributed by atoms with Crippen LogP contribution in [0.1, 0.15) is 24.6 Å². The van der Waals surface area contributed by atoms with Gasteiger partial charge in [0.2, 0.25) is 0 Å². The van der Waals surface area contributed by atoms with Crippen LogP contribution in [0.15, 0.2) is 22.8 Å². The van der Waals surface area contributed by atoms with Gasteiger partial charge < -0.3 is 19.4 Å². The zero-order valence-corrected chi connectivity index (χ0v) is 12.3. The van der Waals surface area contributed by atoms with Gasteiger partial charge in [-0.25, -0.2) is 4.79 Å². The molecule has 21 heavy (non-hydrogen) atoms. The van der Waals surface area contributed by atoms with Gasteiger partial charge in [0.1, 0.15) is 5.76 Å². The van der Waals surface area contributed by atoms with Crippen LogP contribution in [0.5, 0.6) is 0 Å². The number of carbonyl (C=O) groups excluding carboxylic acids is 1. The SMILES string of the molecule is O=C(NCC(c1ccco1)N1CCCC1)N1CCOCC1. The smallest absolute Gasteiger partial charge is 0.317 e. The molecular formula is C15H23N3O3. The Balaban J connectivity index is 1.58. The molecule has 2 fully saturated rings. The molecule has 0 saturated carbocycles. The third-order valence-electron chi connectivity index (χ3n) is 4.20. The summed E-state index contributed by atoms with van der Waals surface area (Å²) in [7, 11) is 0. The molecule has 6 heteroatoms. The second-order valence-electron chi connectivity index (χ2n) is 5.56. The van der Waals surface area contributed by atoms with Crippen molar-refractivity contribution < 1.29 is 13.9 Å². The van der Waals surface area contributed by atoms with Crippen molar-refractivity contribution in [3.63, 3.8) is 0 Å². The molecule has 2 aliphatic rings. The predicted octanol–water partition coefficient (Wildman–Crippen LogP) is 1.46. The van der Waals surface area contributed by atoms with Gasteiger partial charge in [0.25, 0.3) is 0 Å². The Morgan fingerprint density at radius 3 is 2.67 bits per heavy atom. The van der Waals surface area contributed by atoms with E-state index < -0.39 is 0 Å². The average Bonchev–Trinajstić information content (AvgIpc) is 3.22. The predicted molar refractivity (Wildman–Crippen MR) is 78.0 cm³/mol. The Morgan fingerprint density at radius 1 is 1.24 bits per heavy atom. The molecule has 1 N–H and O–H groups in total. The molecule has 1 aromatic heterocycles. The van der Waals surface area contributed by atoms with E-state index in [1.54, 1.807) is 6.26 Å². The first kappa shape index (κ1) is 14.4. The minimum absolute atomic E-state index is 0.00551. The van der Waals surface area contributed by atoms with Crippen LogP contribution >= 0.6 is 0 Å². The largest absolute Gasteiger partial charge is 0.468 e. The van der Waals surface area contributed by atoms with Crippen molar-refractivity contribution in [2.45, 2.75) is 18.9 Å². The standard InChI is InChI=1S/C15H23N3O3/c19-15(18-7-10-20-11-8-18)16-12-13(14-4-3-9-21-14)17-5-1-2-6-17/h3-4,9,13H,1-2,5-8,10-12H2,(H,16,19). The zero-order valence-electron chi connectivity index (χ0n) is 12.3. The second-order valence-corrected chi connectivity index (χ2v) is 5.56. The van der Waals surface area contributed by atoms with Gasteiger partial charge in [0, 0.05) is 19.6 Å². The van der Waals surface area contributed by atoms with Crippen LogP contribution in [0.4, 0.5) is 4.79 Å². The highest BCUT2D eigenvalue weighted by Gasteiger charge is 2.26. The van der Waals surface area contributed by atoms with Crippen molar-refractivity contribution in [2.24, 2.45) is 0 Å². The molecule has 3 rings (SSSR count). The molecule has 2 saturated heterocycles. The lowest BCUT2D eigenvalue weighted by molar-refractivity contribution is 0.0526. The molecule has 1 aromatic rings. The Hall–Kier alpha value is -1.53. The molecule has 116 valence electrons. The summed E-state index contributed by atoms with van der Waals surface area (Å²) in [6.45, 7) is 5.31. The summed E-state index contributed by atoms with van der Waals surface area (Å²) in [5.74, 6) is 0.930.